The van der Waals surface area contributed by atoms with E-state index in [2.05, 4.69) is 30.0 Å². The first-order chi connectivity index (χ1) is 17.8. The Hall–Kier alpha value is -3.22. The van der Waals surface area contributed by atoms with Crippen LogP contribution in [0.25, 0.3) is 0 Å². The third kappa shape index (κ3) is 6.20. The number of phenols is 2. The minimum atomic E-state index is -0.491. The van der Waals surface area contributed by atoms with Crippen molar-refractivity contribution in [2.45, 2.75) is 31.6 Å². The average molecular weight is 504 g/mol. The topological polar surface area (TPSA) is 64.0 Å². The lowest BCUT2D eigenvalue weighted by atomic mass is 9.67. The third-order valence-electron chi connectivity index (χ3n) is 7.51. The molecule has 1 heterocycles. The first-order valence-electron chi connectivity index (χ1n) is 12.9. The molecule has 4 rings (SSSR count). The van der Waals surface area contributed by atoms with E-state index in [4.69, 9.17) is 0 Å². The maximum Gasteiger partial charge on any atom is 0.167 e. The van der Waals surface area contributed by atoms with Crippen molar-refractivity contribution >= 4 is 5.78 Å². The fraction of sp³-hybridized carbons (Fsp3) is 0.387. The van der Waals surface area contributed by atoms with Crippen LogP contribution in [0.4, 0.5) is 4.39 Å². The molecule has 1 aliphatic rings. The van der Waals surface area contributed by atoms with Gasteiger partial charge >= 0.3 is 0 Å². The molecule has 1 aliphatic heterocycles. The number of likely N-dealkylation sites (tertiary alicyclic amines) is 1. The standard InChI is InChI=1S/C31H36FN2O3/c1-21-24(13-9-14-28(21)32)30-26(25-12-4-5-15-29(25)36)19-34(17-7-6-16-33(2)3)20-27(30)31(37)22-10-8-11-23(35)18-22/h5,8-15,18,26-27,30,35-36H,6-7,16-17,19-20H2,1-3H3/t26-,27+,30-/m1/s1. The number of benzene rings is 3. The lowest BCUT2D eigenvalue weighted by molar-refractivity contribution is 0.0733. The van der Waals surface area contributed by atoms with Crippen molar-refractivity contribution in [2.24, 2.45) is 5.92 Å². The van der Waals surface area contributed by atoms with E-state index in [9.17, 15) is 19.4 Å². The molecular formula is C31H36FN2O3. The highest BCUT2D eigenvalue weighted by atomic mass is 19.1. The normalized spacial score (nSPS) is 20.3. The van der Waals surface area contributed by atoms with Crippen LogP contribution in [-0.4, -0.2) is 66.1 Å². The number of halogens is 1. The second-order valence-corrected chi connectivity index (χ2v) is 10.4. The van der Waals surface area contributed by atoms with Crippen LogP contribution in [0.5, 0.6) is 11.5 Å². The molecule has 195 valence electrons. The second-order valence-electron chi connectivity index (χ2n) is 10.4. The Morgan fingerprint density at radius 3 is 2.59 bits per heavy atom. The van der Waals surface area contributed by atoms with Gasteiger partial charge in [0.05, 0.1) is 0 Å². The highest BCUT2D eigenvalue weighted by Gasteiger charge is 2.43. The Labute approximate surface area is 219 Å². The van der Waals surface area contributed by atoms with Crippen molar-refractivity contribution in [1.29, 1.82) is 0 Å². The number of unbranched alkanes of at least 4 members (excludes halogenated alkanes) is 1. The number of hydrogen-bond donors (Lipinski definition) is 2. The van der Waals surface area contributed by atoms with Crippen LogP contribution in [0.1, 0.15) is 51.7 Å². The van der Waals surface area contributed by atoms with E-state index < -0.39 is 5.92 Å². The molecule has 0 aliphatic carbocycles. The summed E-state index contributed by atoms with van der Waals surface area (Å²) in [6.45, 7) is 4.72. The number of hydrogen-bond acceptors (Lipinski definition) is 5. The summed E-state index contributed by atoms with van der Waals surface area (Å²) in [4.78, 5) is 18.5. The van der Waals surface area contributed by atoms with Gasteiger partial charge < -0.3 is 20.0 Å². The molecule has 2 N–H and O–H groups in total. The van der Waals surface area contributed by atoms with Crippen LogP contribution in [0.2, 0.25) is 0 Å². The van der Waals surface area contributed by atoms with Gasteiger partial charge in [0.25, 0.3) is 0 Å². The number of nitrogens with zero attached hydrogens (tertiary/aromatic N) is 2. The molecule has 37 heavy (non-hydrogen) atoms. The van der Waals surface area contributed by atoms with Crippen LogP contribution >= 0.6 is 0 Å². The summed E-state index contributed by atoms with van der Waals surface area (Å²) in [6.07, 6.45) is 2.02. The number of ketones is 1. The Bertz CT molecular complexity index is 1230. The quantitative estimate of drug-likeness (QED) is 0.304. The summed E-state index contributed by atoms with van der Waals surface area (Å²) in [5.74, 6) is -1.30. The Balaban J connectivity index is 1.79. The highest BCUT2D eigenvalue weighted by Crippen LogP contribution is 2.47. The van der Waals surface area contributed by atoms with Crippen molar-refractivity contribution < 1.29 is 19.4 Å². The maximum absolute atomic E-state index is 14.8. The summed E-state index contributed by atoms with van der Waals surface area (Å²) in [5.41, 5.74) is 2.44. The van der Waals surface area contributed by atoms with Crippen LogP contribution in [-0.2, 0) is 0 Å². The number of carbonyl (C=O) groups is 1. The van der Waals surface area contributed by atoms with Gasteiger partial charge in [-0.05, 0) is 100 Å². The fourth-order valence-corrected chi connectivity index (χ4v) is 5.65. The molecule has 3 aromatic rings. The molecule has 1 fully saturated rings. The summed E-state index contributed by atoms with van der Waals surface area (Å²) < 4.78 is 14.8. The maximum atomic E-state index is 14.8. The SMILES string of the molecule is Cc1c(F)cccc1[C@H]1[C@@H](C(=O)c2cccc(O)c2)CN(CCCCN(C)C)C[C@@H]1c1c[c]ccc1O. The number of carbonyl (C=O) groups excluding carboxylic acids is 1. The fourth-order valence-electron chi connectivity index (χ4n) is 5.65. The molecule has 5 nitrogen and oxygen atoms in total. The molecule has 0 aromatic heterocycles. The zero-order valence-electron chi connectivity index (χ0n) is 21.8. The lowest BCUT2D eigenvalue weighted by Crippen LogP contribution is -2.47. The molecular weight excluding hydrogens is 467 g/mol. The number of phenolic OH excluding ortho intramolecular Hbond substituents is 2. The van der Waals surface area contributed by atoms with Crippen molar-refractivity contribution in [1.82, 2.24) is 9.80 Å². The molecule has 0 spiro atoms. The average Bonchev–Trinajstić information content (AvgIpc) is 2.88. The summed E-state index contributed by atoms with van der Waals surface area (Å²) >= 11 is 0. The minimum Gasteiger partial charge on any atom is -0.508 e. The van der Waals surface area contributed by atoms with Crippen molar-refractivity contribution in [3.63, 3.8) is 0 Å². The Kier molecular flexibility index (Phi) is 8.62. The third-order valence-corrected chi connectivity index (χ3v) is 7.51. The van der Waals surface area contributed by atoms with Gasteiger partial charge in [-0.25, -0.2) is 4.39 Å². The molecule has 0 saturated carbocycles. The first-order valence-corrected chi connectivity index (χ1v) is 12.9. The van der Waals surface area contributed by atoms with E-state index in [1.54, 1.807) is 49.4 Å². The van der Waals surface area contributed by atoms with Gasteiger partial charge in [0.1, 0.15) is 17.3 Å². The Morgan fingerprint density at radius 2 is 1.86 bits per heavy atom. The number of rotatable bonds is 9. The summed E-state index contributed by atoms with van der Waals surface area (Å²) in [6, 6.07) is 19.6. The molecule has 3 atom stereocenters. The van der Waals surface area contributed by atoms with Crippen molar-refractivity contribution in [2.75, 3.05) is 40.3 Å². The summed E-state index contributed by atoms with van der Waals surface area (Å²) in [7, 11) is 4.11. The molecule has 1 saturated heterocycles. The van der Waals surface area contributed by atoms with E-state index in [-0.39, 0.29) is 34.9 Å². The van der Waals surface area contributed by atoms with Crippen LogP contribution in [0, 0.1) is 24.7 Å². The van der Waals surface area contributed by atoms with Crippen LogP contribution in [0.3, 0.4) is 0 Å². The van der Waals surface area contributed by atoms with Crippen LogP contribution < -0.4 is 0 Å². The first kappa shape index (κ1) is 26.8. The minimum absolute atomic E-state index is 0.0348. The second kappa shape index (κ2) is 11.9. The zero-order chi connectivity index (χ0) is 26.5. The van der Waals surface area contributed by atoms with Gasteiger partial charge in [0.2, 0.25) is 0 Å². The number of aromatic hydroxyl groups is 2. The molecule has 6 heteroatoms. The van der Waals surface area contributed by atoms with Crippen molar-refractivity contribution in [3.05, 3.63) is 94.8 Å². The zero-order valence-corrected chi connectivity index (χ0v) is 21.8. The smallest absolute Gasteiger partial charge is 0.167 e. The predicted octanol–water partition coefficient (Wildman–Crippen LogP) is 5.37. The largest absolute Gasteiger partial charge is 0.508 e. The van der Waals surface area contributed by atoms with Gasteiger partial charge in [0.15, 0.2) is 5.78 Å². The predicted molar refractivity (Wildman–Crippen MR) is 144 cm³/mol. The van der Waals surface area contributed by atoms with E-state index in [1.165, 1.54) is 12.1 Å². The number of piperidine rings is 1. The van der Waals surface area contributed by atoms with Gasteiger partial charge in [-0.3, -0.25) is 4.79 Å². The molecule has 0 unspecified atom stereocenters. The summed E-state index contributed by atoms with van der Waals surface area (Å²) in [5, 5.41) is 20.9. The Morgan fingerprint density at radius 1 is 1.08 bits per heavy atom. The van der Waals surface area contributed by atoms with E-state index in [1.807, 2.05) is 6.07 Å². The molecule has 1 radical (unpaired) electrons. The van der Waals surface area contributed by atoms with Gasteiger partial charge in [-0.15, -0.1) is 0 Å². The van der Waals surface area contributed by atoms with Gasteiger partial charge in [0, 0.05) is 36.4 Å². The van der Waals surface area contributed by atoms with E-state index in [0.717, 1.165) is 31.5 Å². The van der Waals surface area contributed by atoms with Gasteiger partial charge in [-0.1, -0.05) is 30.3 Å². The molecule has 3 aromatic carbocycles. The van der Waals surface area contributed by atoms with Gasteiger partial charge in [-0.2, -0.15) is 0 Å². The highest BCUT2D eigenvalue weighted by molar-refractivity contribution is 5.99. The van der Waals surface area contributed by atoms with E-state index in [0.29, 0.717) is 29.8 Å². The van der Waals surface area contributed by atoms with Crippen molar-refractivity contribution in [3.8, 4) is 11.5 Å². The van der Waals surface area contributed by atoms with Crippen LogP contribution in [0.15, 0.2) is 60.7 Å². The molecule has 0 amide bonds. The number of Topliss-reactive ketones (excluding diaryl/α,β-unsaturated/α-hetero) is 1. The molecule has 0 bridgehead atoms. The monoisotopic (exact) mass is 503 g/mol. The van der Waals surface area contributed by atoms with E-state index >= 15 is 0 Å². The lowest BCUT2D eigenvalue weighted by Gasteiger charge is -2.44.